The van der Waals surface area contributed by atoms with Crippen molar-refractivity contribution in [3.8, 4) is 5.69 Å². The molecule has 1 aliphatic heterocycles. The van der Waals surface area contributed by atoms with Gasteiger partial charge in [-0.3, -0.25) is 9.69 Å². The van der Waals surface area contributed by atoms with Gasteiger partial charge >= 0.3 is 0 Å². The summed E-state index contributed by atoms with van der Waals surface area (Å²) in [6.07, 6.45) is 0.493. The fourth-order valence-corrected chi connectivity index (χ4v) is 3.54. The maximum Gasteiger partial charge on any atom is 0.251 e. The molecule has 1 fully saturated rings. The molecule has 0 aliphatic carbocycles. The van der Waals surface area contributed by atoms with E-state index in [2.05, 4.69) is 29.2 Å². The number of benzene rings is 1. The summed E-state index contributed by atoms with van der Waals surface area (Å²) in [6.45, 7) is 11.5. The third-order valence-electron chi connectivity index (χ3n) is 4.59. The molecule has 2 aromatic rings. The Kier molecular flexibility index (Phi) is 5.74. The van der Waals surface area contributed by atoms with Gasteiger partial charge in [0.1, 0.15) is 0 Å². The molecule has 1 amide bonds. The molecule has 3 rings (SSSR count). The Balaban J connectivity index is 1.53. The molecule has 2 heterocycles. The second-order valence-corrected chi connectivity index (χ2v) is 7.16. The van der Waals surface area contributed by atoms with E-state index in [1.54, 1.807) is 0 Å². The molecule has 1 N–H and O–H groups in total. The third kappa shape index (κ3) is 4.51. The van der Waals surface area contributed by atoms with E-state index in [1.165, 1.54) is 0 Å². The molecule has 1 aromatic carbocycles. The van der Waals surface area contributed by atoms with Crippen LogP contribution in [-0.2, 0) is 4.74 Å². The first kappa shape index (κ1) is 18.6. The lowest BCUT2D eigenvalue weighted by molar-refractivity contribution is -0.0672. The molecular formula is C20H28N4O2. The summed E-state index contributed by atoms with van der Waals surface area (Å²) in [5, 5.41) is 7.48. The minimum atomic E-state index is -0.0423. The summed E-state index contributed by atoms with van der Waals surface area (Å²) in [5.41, 5.74) is 3.69. The number of hydrogen-bond acceptors (Lipinski definition) is 4. The molecule has 0 radical (unpaired) electrons. The van der Waals surface area contributed by atoms with Crippen molar-refractivity contribution < 1.29 is 9.53 Å². The zero-order valence-electron chi connectivity index (χ0n) is 16.0. The Bertz CT molecular complexity index is 744. The van der Waals surface area contributed by atoms with E-state index >= 15 is 0 Å². The fourth-order valence-electron chi connectivity index (χ4n) is 3.54. The molecule has 1 saturated heterocycles. The zero-order chi connectivity index (χ0) is 18.7. The van der Waals surface area contributed by atoms with Gasteiger partial charge in [-0.1, -0.05) is 0 Å². The van der Waals surface area contributed by atoms with Crippen LogP contribution in [0.1, 0.15) is 35.6 Å². The average Bonchev–Trinajstić information content (AvgIpc) is 2.92. The molecule has 1 aliphatic rings. The number of rotatable bonds is 5. The van der Waals surface area contributed by atoms with Gasteiger partial charge in [0, 0.05) is 37.4 Å². The van der Waals surface area contributed by atoms with Gasteiger partial charge in [-0.2, -0.15) is 5.10 Å². The van der Waals surface area contributed by atoms with Gasteiger partial charge in [0.2, 0.25) is 0 Å². The van der Waals surface area contributed by atoms with Gasteiger partial charge < -0.3 is 10.1 Å². The smallest absolute Gasteiger partial charge is 0.251 e. The molecule has 140 valence electrons. The first-order valence-corrected chi connectivity index (χ1v) is 9.22. The van der Waals surface area contributed by atoms with Gasteiger partial charge in [-0.15, -0.1) is 0 Å². The van der Waals surface area contributed by atoms with E-state index in [4.69, 9.17) is 4.74 Å². The highest BCUT2D eigenvalue weighted by molar-refractivity contribution is 5.94. The van der Waals surface area contributed by atoms with Crippen LogP contribution in [0.25, 0.3) is 5.69 Å². The van der Waals surface area contributed by atoms with Crippen molar-refractivity contribution in [2.24, 2.45) is 0 Å². The molecule has 0 saturated carbocycles. The van der Waals surface area contributed by atoms with Crippen molar-refractivity contribution >= 4 is 5.91 Å². The Morgan fingerprint density at radius 1 is 1.19 bits per heavy atom. The normalized spacial score (nSPS) is 20.9. The third-order valence-corrected chi connectivity index (χ3v) is 4.59. The molecular weight excluding hydrogens is 328 g/mol. The number of ether oxygens (including phenoxy) is 1. The molecule has 6 heteroatoms. The summed E-state index contributed by atoms with van der Waals surface area (Å²) in [6, 6.07) is 9.59. The highest BCUT2D eigenvalue weighted by Gasteiger charge is 2.21. The van der Waals surface area contributed by atoms with Crippen LogP contribution in [-0.4, -0.2) is 59.0 Å². The quantitative estimate of drug-likeness (QED) is 0.893. The van der Waals surface area contributed by atoms with Crippen LogP contribution in [0, 0.1) is 13.8 Å². The van der Waals surface area contributed by atoms with Crippen LogP contribution < -0.4 is 5.32 Å². The van der Waals surface area contributed by atoms with Gasteiger partial charge in [0.05, 0.1) is 23.6 Å². The van der Waals surface area contributed by atoms with Crippen LogP contribution in [0.5, 0.6) is 0 Å². The summed E-state index contributed by atoms with van der Waals surface area (Å²) in [5.74, 6) is -0.0423. The molecule has 1 aromatic heterocycles. The standard InChI is InChI=1S/C20H28N4O2/c1-14-11-15(2)24(22-14)19-7-5-18(6-8-19)20(25)21-9-10-23-12-16(3)26-17(4)13-23/h5-8,11,16-17H,9-10,12-13H2,1-4H3,(H,21,25). The van der Waals surface area contributed by atoms with E-state index < -0.39 is 0 Å². The Morgan fingerprint density at radius 3 is 2.42 bits per heavy atom. The lowest BCUT2D eigenvalue weighted by atomic mass is 10.2. The van der Waals surface area contributed by atoms with Gasteiger partial charge in [-0.25, -0.2) is 4.68 Å². The first-order valence-electron chi connectivity index (χ1n) is 9.22. The molecule has 2 unspecified atom stereocenters. The van der Waals surface area contributed by atoms with Crippen LogP contribution in [0.15, 0.2) is 30.3 Å². The summed E-state index contributed by atoms with van der Waals surface area (Å²) < 4.78 is 7.62. The number of amides is 1. The van der Waals surface area contributed by atoms with Crippen molar-refractivity contribution in [2.75, 3.05) is 26.2 Å². The van der Waals surface area contributed by atoms with E-state index in [0.29, 0.717) is 12.1 Å². The number of aryl methyl sites for hydroxylation is 2. The van der Waals surface area contributed by atoms with Crippen LogP contribution in [0.2, 0.25) is 0 Å². The van der Waals surface area contributed by atoms with Crippen molar-refractivity contribution in [3.63, 3.8) is 0 Å². The number of hydrogen-bond donors (Lipinski definition) is 1. The molecule has 2 atom stereocenters. The minimum Gasteiger partial charge on any atom is -0.373 e. The predicted molar refractivity (Wildman–Crippen MR) is 102 cm³/mol. The fraction of sp³-hybridized carbons (Fsp3) is 0.500. The Hall–Kier alpha value is -2.18. The van der Waals surface area contributed by atoms with Crippen LogP contribution >= 0.6 is 0 Å². The molecule has 0 spiro atoms. The molecule has 26 heavy (non-hydrogen) atoms. The van der Waals surface area contributed by atoms with E-state index in [0.717, 1.165) is 36.7 Å². The number of morpholine rings is 1. The number of aromatic nitrogens is 2. The van der Waals surface area contributed by atoms with Crippen molar-refractivity contribution in [1.29, 1.82) is 0 Å². The zero-order valence-corrected chi connectivity index (χ0v) is 16.0. The topological polar surface area (TPSA) is 59.4 Å². The summed E-state index contributed by atoms with van der Waals surface area (Å²) >= 11 is 0. The second-order valence-electron chi connectivity index (χ2n) is 7.16. The number of nitrogens with zero attached hydrogens (tertiary/aromatic N) is 3. The lowest BCUT2D eigenvalue weighted by Crippen LogP contribution is -2.47. The predicted octanol–water partition coefficient (Wildman–Crippen LogP) is 2.33. The van der Waals surface area contributed by atoms with Crippen molar-refractivity contribution in [3.05, 3.63) is 47.3 Å². The Morgan fingerprint density at radius 2 is 1.85 bits per heavy atom. The highest BCUT2D eigenvalue weighted by Crippen LogP contribution is 2.13. The maximum absolute atomic E-state index is 12.4. The van der Waals surface area contributed by atoms with Crippen LogP contribution in [0.4, 0.5) is 0 Å². The van der Waals surface area contributed by atoms with Gasteiger partial charge in [0.15, 0.2) is 0 Å². The maximum atomic E-state index is 12.4. The molecule has 0 bridgehead atoms. The monoisotopic (exact) mass is 356 g/mol. The van der Waals surface area contributed by atoms with Crippen molar-refractivity contribution in [1.82, 2.24) is 20.0 Å². The van der Waals surface area contributed by atoms with Gasteiger partial charge in [0.25, 0.3) is 5.91 Å². The van der Waals surface area contributed by atoms with E-state index in [9.17, 15) is 4.79 Å². The SMILES string of the molecule is Cc1cc(C)n(-c2ccc(C(=O)NCCN3CC(C)OC(C)C3)cc2)n1. The second kappa shape index (κ2) is 8.01. The van der Waals surface area contributed by atoms with E-state index in [-0.39, 0.29) is 18.1 Å². The summed E-state index contributed by atoms with van der Waals surface area (Å²) in [7, 11) is 0. The average molecular weight is 356 g/mol. The molecule has 6 nitrogen and oxygen atoms in total. The van der Waals surface area contributed by atoms with Crippen molar-refractivity contribution in [2.45, 2.75) is 39.9 Å². The van der Waals surface area contributed by atoms with E-state index in [1.807, 2.05) is 48.9 Å². The lowest BCUT2D eigenvalue weighted by Gasteiger charge is -2.35. The highest BCUT2D eigenvalue weighted by atomic mass is 16.5. The first-order chi connectivity index (χ1) is 12.4. The van der Waals surface area contributed by atoms with Crippen LogP contribution in [0.3, 0.4) is 0 Å². The minimum absolute atomic E-state index is 0.0423. The Labute approximate surface area is 155 Å². The largest absolute Gasteiger partial charge is 0.373 e. The van der Waals surface area contributed by atoms with Gasteiger partial charge in [-0.05, 0) is 58.0 Å². The number of carbonyl (C=O) groups excluding carboxylic acids is 1. The number of carbonyl (C=O) groups is 1. The number of nitrogens with one attached hydrogen (secondary N) is 1. The summed E-state index contributed by atoms with van der Waals surface area (Å²) in [4.78, 5) is 14.7.